The first kappa shape index (κ1) is 21.2. The Labute approximate surface area is 189 Å². The zero-order valence-corrected chi connectivity index (χ0v) is 18.7. The Morgan fingerprint density at radius 1 is 1.10 bits per heavy atom. The van der Waals surface area contributed by atoms with Gasteiger partial charge >= 0.3 is 0 Å². The average molecular weight is 453 g/mol. The van der Waals surface area contributed by atoms with Crippen molar-refractivity contribution < 1.29 is 9.21 Å². The Morgan fingerprint density at radius 3 is 2.71 bits per heavy atom. The Balaban J connectivity index is 1.56. The summed E-state index contributed by atoms with van der Waals surface area (Å²) < 4.78 is 7.43. The number of aromatic nitrogens is 3. The summed E-state index contributed by atoms with van der Waals surface area (Å²) in [5, 5.41) is 12.8. The van der Waals surface area contributed by atoms with Crippen molar-refractivity contribution in [2.45, 2.75) is 25.5 Å². The molecule has 6 nitrogen and oxygen atoms in total. The Morgan fingerprint density at radius 2 is 1.94 bits per heavy atom. The fourth-order valence-electron chi connectivity index (χ4n) is 3.14. The van der Waals surface area contributed by atoms with Gasteiger partial charge in [-0.3, -0.25) is 9.36 Å². The summed E-state index contributed by atoms with van der Waals surface area (Å²) in [5.74, 6) is 1.48. The minimum atomic E-state index is -0.106. The molecule has 0 aliphatic rings. The van der Waals surface area contributed by atoms with Gasteiger partial charge < -0.3 is 9.73 Å². The number of nitrogens with zero attached hydrogens (tertiary/aromatic N) is 3. The molecule has 4 aromatic rings. The molecule has 2 heterocycles. The van der Waals surface area contributed by atoms with Crippen LogP contribution in [-0.4, -0.2) is 26.4 Å². The van der Waals surface area contributed by atoms with E-state index in [9.17, 15) is 4.79 Å². The number of furan rings is 1. The van der Waals surface area contributed by atoms with E-state index >= 15 is 0 Å². The van der Waals surface area contributed by atoms with Crippen LogP contribution in [0, 0.1) is 13.8 Å². The largest absolute Gasteiger partial charge is 0.467 e. The third kappa shape index (κ3) is 4.84. The Kier molecular flexibility index (Phi) is 6.44. The lowest BCUT2D eigenvalue weighted by molar-refractivity contribution is -0.113. The summed E-state index contributed by atoms with van der Waals surface area (Å²) in [6.07, 6.45) is 1.62. The first-order chi connectivity index (χ1) is 15.0. The molecule has 0 radical (unpaired) electrons. The van der Waals surface area contributed by atoms with E-state index in [4.69, 9.17) is 16.0 Å². The fourth-order valence-corrected chi connectivity index (χ4v) is 4.10. The van der Waals surface area contributed by atoms with Crippen molar-refractivity contribution in [3.63, 3.8) is 0 Å². The second-order valence-electron chi connectivity index (χ2n) is 7.04. The van der Waals surface area contributed by atoms with Gasteiger partial charge in [0.05, 0.1) is 23.6 Å². The number of hydrogen-bond donors (Lipinski definition) is 1. The first-order valence-electron chi connectivity index (χ1n) is 9.72. The van der Waals surface area contributed by atoms with Crippen LogP contribution >= 0.6 is 23.4 Å². The summed E-state index contributed by atoms with van der Waals surface area (Å²) >= 11 is 7.71. The quantitative estimate of drug-likeness (QED) is 0.370. The summed E-state index contributed by atoms with van der Waals surface area (Å²) in [6.45, 7) is 4.45. The number of nitrogens with one attached hydrogen (secondary N) is 1. The van der Waals surface area contributed by atoms with Crippen molar-refractivity contribution in [2.24, 2.45) is 0 Å². The van der Waals surface area contributed by atoms with Crippen LogP contribution in [0.4, 0.5) is 5.69 Å². The molecular weight excluding hydrogens is 432 g/mol. The highest BCUT2D eigenvalue weighted by atomic mass is 35.5. The normalized spacial score (nSPS) is 10.9. The second kappa shape index (κ2) is 9.41. The van der Waals surface area contributed by atoms with Crippen LogP contribution < -0.4 is 5.32 Å². The highest BCUT2D eigenvalue weighted by molar-refractivity contribution is 7.99. The molecule has 0 bridgehead atoms. The molecule has 1 amide bonds. The smallest absolute Gasteiger partial charge is 0.234 e. The minimum Gasteiger partial charge on any atom is -0.467 e. The van der Waals surface area contributed by atoms with Crippen molar-refractivity contribution in [3.8, 4) is 11.4 Å². The van der Waals surface area contributed by atoms with Gasteiger partial charge in [-0.15, -0.1) is 10.2 Å². The molecule has 0 fully saturated rings. The number of anilines is 1. The molecular formula is C23H21ClN4O2S. The summed E-state index contributed by atoms with van der Waals surface area (Å²) in [7, 11) is 0. The number of aryl methyl sites for hydroxylation is 1. The third-order valence-corrected chi connectivity index (χ3v) is 6.23. The number of rotatable bonds is 7. The molecule has 158 valence electrons. The monoisotopic (exact) mass is 452 g/mol. The van der Waals surface area contributed by atoms with Crippen LogP contribution in [0.3, 0.4) is 0 Å². The van der Waals surface area contributed by atoms with Crippen LogP contribution in [0.1, 0.15) is 16.9 Å². The SMILES string of the molecule is Cc1cccc(NC(=O)CSc2nnc(-c3ccccc3Cl)n2Cc2ccco2)c1C. The lowest BCUT2D eigenvalue weighted by atomic mass is 10.1. The molecule has 2 aromatic heterocycles. The van der Waals surface area contributed by atoms with Gasteiger partial charge in [0.1, 0.15) is 5.76 Å². The minimum absolute atomic E-state index is 0.106. The lowest BCUT2D eigenvalue weighted by Crippen LogP contribution is -2.15. The van der Waals surface area contributed by atoms with Crippen molar-refractivity contribution >= 4 is 35.0 Å². The van der Waals surface area contributed by atoms with Crippen LogP contribution in [0.15, 0.2) is 70.4 Å². The standard InChI is InChI=1S/C23H21ClN4O2S/c1-15-7-5-11-20(16(15)2)25-21(29)14-31-23-27-26-22(18-9-3-4-10-19(18)24)28(23)13-17-8-6-12-30-17/h3-12H,13-14H2,1-2H3,(H,25,29). The van der Waals surface area contributed by atoms with Crippen LogP contribution in [0.2, 0.25) is 5.02 Å². The average Bonchev–Trinajstić information content (AvgIpc) is 3.41. The van der Waals surface area contributed by atoms with Gasteiger partial charge in [0.2, 0.25) is 5.91 Å². The van der Waals surface area contributed by atoms with Gasteiger partial charge in [0.25, 0.3) is 0 Å². The van der Waals surface area contributed by atoms with Crippen LogP contribution in [0.25, 0.3) is 11.4 Å². The van der Waals surface area contributed by atoms with E-state index in [1.807, 2.05) is 73.0 Å². The van der Waals surface area contributed by atoms with Gasteiger partial charge in [-0.2, -0.15) is 0 Å². The number of thioether (sulfide) groups is 1. The predicted octanol–water partition coefficient (Wildman–Crippen LogP) is 5.59. The van der Waals surface area contributed by atoms with Crippen molar-refractivity contribution in [1.82, 2.24) is 14.8 Å². The molecule has 8 heteroatoms. The number of benzene rings is 2. The van der Waals surface area contributed by atoms with Crippen molar-refractivity contribution in [3.05, 3.63) is 82.8 Å². The van der Waals surface area contributed by atoms with Gasteiger partial charge in [0.15, 0.2) is 11.0 Å². The Bertz CT molecular complexity index is 1200. The van der Waals surface area contributed by atoms with E-state index in [2.05, 4.69) is 15.5 Å². The van der Waals surface area contributed by atoms with E-state index in [1.54, 1.807) is 6.26 Å². The van der Waals surface area contributed by atoms with Crippen LogP contribution in [-0.2, 0) is 11.3 Å². The summed E-state index contributed by atoms with van der Waals surface area (Å²) in [5.41, 5.74) is 3.78. The van der Waals surface area contributed by atoms with E-state index in [0.717, 1.165) is 28.1 Å². The molecule has 0 saturated heterocycles. The fraction of sp³-hybridized carbons (Fsp3) is 0.174. The van der Waals surface area contributed by atoms with E-state index < -0.39 is 0 Å². The third-order valence-electron chi connectivity index (χ3n) is 4.94. The summed E-state index contributed by atoms with van der Waals surface area (Å²) in [4.78, 5) is 12.6. The number of halogens is 1. The Hall–Kier alpha value is -3.03. The molecule has 0 aliphatic carbocycles. The molecule has 0 spiro atoms. The number of carbonyl (C=O) groups excluding carboxylic acids is 1. The van der Waals surface area contributed by atoms with E-state index in [0.29, 0.717) is 22.5 Å². The van der Waals surface area contributed by atoms with E-state index in [-0.39, 0.29) is 11.7 Å². The molecule has 1 N–H and O–H groups in total. The lowest BCUT2D eigenvalue weighted by Gasteiger charge is -2.11. The van der Waals surface area contributed by atoms with E-state index in [1.165, 1.54) is 11.8 Å². The summed E-state index contributed by atoms with van der Waals surface area (Å²) in [6, 6.07) is 17.1. The molecule has 0 aliphatic heterocycles. The zero-order chi connectivity index (χ0) is 21.8. The topological polar surface area (TPSA) is 73.0 Å². The number of hydrogen-bond acceptors (Lipinski definition) is 5. The number of carbonyl (C=O) groups is 1. The maximum atomic E-state index is 12.6. The molecule has 31 heavy (non-hydrogen) atoms. The first-order valence-corrected chi connectivity index (χ1v) is 11.1. The molecule has 0 unspecified atom stereocenters. The maximum absolute atomic E-state index is 12.6. The number of amides is 1. The van der Waals surface area contributed by atoms with Crippen molar-refractivity contribution in [2.75, 3.05) is 11.1 Å². The van der Waals surface area contributed by atoms with Gasteiger partial charge in [-0.05, 0) is 55.3 Å². The van der Waals surface area contributed by atoms with Crippen LogP contribution in [0.5, 0.6) is 0 Å². The zero-order valence-electron chi connectivity index (χ0n) is 17.1. The molecule has 4 rings (SSSR count). The van der Waals surface area contributed by atoms with Gasteiger partial charge in [0, 0.05) is 11.3 Å². The predicted molar refractivity (Wildman–Crippen MR) is 124 cm³/mol. The highest BCUT2D eigenvalue weighted by Gasteiger charge is 2.19. The molecule has 0 saturated carbocycles. The maximum Gasteiger partial charge on any atom is 0.234 e. The molecule has 2 aromatic carbocycles. The van der Waals surface area contributed by atoms with Crippen molar-refractivity contribution in [1.29, 1.82) is 0 Å². The van der Waals surface area contributed by atoms with Gasteiger partial charge in [-0.25, -0.2) is 0 Å². The van der Waals surface area contributed by atoms with Gasteiger partial charge in [-0.1, -0.05) is 47.6 Å². The highest BCUT2D eigenvalue weighted by Crippen LogP contribution is 2.30. The molecule has 0 atom stereocenters. The second-order valence-corrected chi connectivity index (χ2v) is 8.39.